The number of benzene rings is 2. The standard InChI is InChI=1S/C15H13BrClN3O/c1-8(21)15-19-12-7-10(18)3-5-13(12)20(15)14-6-9(16)2-4-11(14)17/h2-8,21H,18H2,1H3. The minimum atomic E-state index is -0.728. The summed E-state index contributed by atoms with van der Waals surface area (Å²) >= 11 is 9.76. The van der Waals surface area contributed by atoms with Crippen LogP contribution >= 0.6 is 27.5 Å². The van der Waals surface area contributed by atoms with Gasteiger partial charge in [-0.15, -0.1) is 0 Å². The van der Waals surface area contributed by atoms with E-state index in [0.717, 1.165) is 21.2 Å². The maximum Gasteiger partial charge on any atom is 0.143 e. The van der Waals surface area contributed by atoms with Crippen molar-refractivity contribution in [2.75, 3.05) is 5.73 Å². The SMILES string of the molecule is CC(O)c1nc2cc(N)ccc2n1-c1cc(Br)ccc1Cl. The van der Waals surface area contributed by atoms with Crippen LogP contribution in [0.15, 0.2) is 40.9 Å². The first-order valence-electron chi connectivity index (χ1n) is 6.38. The summed E-state index contributed by atoms with van der Waals surface area (Å²) in [5.74, 6) is 0.524. The number of nitrogens with zero attached hydrogens (tertiary/aromatic N) is 2. The molecule has 6 heteroatoms. The lowest BCUT2D eigenvalue weighted by atomic mass is 10.2. The van der Waals surface area contributed by atoms with Gasteiger partial charge >= 0.3 is 0 Å². The van der Waals surface area contributed by atoms with Gasteiger partial charge in [0.05, 0.1) is 21.7 Å². The largest absolute Gasteiger partial charge is 0.399 e. The van der Waals surface area contributed by atoms with E-state index in [1.54, 1.807) is 25.1 Å². The molecule has 2 aromatic carbocycles. The van der Waals surface area contributed by atoms with E-state index >= 15 is 0 Å². The number of nitrogen functional groups attached to an aromatic ring is 1. The van der Waals surface area contributed by atoms with Crippen molar-refractivity contribution in [2.45, 2.75) is 13.0 Å². The van der Waals surface area contributed by atoms with Crippen molar-refractivity contribution in [3.05, 3.63) is 51.7 Å². The monoisotopic (exact) mass is 365 g/mol. The Kier molecular flexibility index (Phi) is 3.65. The molecule has 0 aliphatic heterocycles. The van der Waals surface area contributed by atoms with Crippen LogP contribution in [0.3, 0.4) is 0 Å². The van der Waals surface area contributed by atoms with E-state index in [9.17, 15) is 5.11 Å². The number of aliphatic hydroxyl groups is 1. The Morgan fingerprint density at radius 1 is 1.29 bits per heavy atom. The Bertz CT molecular complexity index is 829. The Hall–Kier alpha value is -1.56. The molecule has 21 heavy (non-hydrogen) atoms. The van der Waals surface area contributed by atoms with E-state index in [2.05, 4.69) is 20.9 Å². The zero-order chi connectivity index (χ0) is 15.1. The molecule has 0 aliphatic rings. The van der Waals surface area contributed by atoms with Gasteiger partial charge in [-0.1, -0.05) is 27.5 Å². The Labute approximate surface area is 135 Å². The second-order valence-corrected chi connectivity index (χ2v) is 6.15. The van der Waals surface area contributed by atoms with Crippen LogP contribution in [0, 0.1) is 0 Å². The molecule has 1 atom stereocenters. The van der Waals surface area contributed by atoms with Gasteiger partial charge in [-0.25, -0.2) is 4.98 Å². The molecule has 1 aromatic heterocycles. The first-order chi connectivity index (χ1) is 9.97. The Balaban J connectivity index is 2.39. The van der Waals surface area contributed by atoms with Gasteiger partial charge in [0.1, 0.15) is 11.9 Å². The van der Waals surface area contributed by atoms with Crippen LogP contribution in [-0.2, 0) is 0 Å². The van der Waals surface area contributed by atoms with Crippen molar-refractivity contribution >= 4 is 44.3 Å². The predicted molar refractivity (Wildman–Crippen MR) is 88.8 cm³/mol. The summed E-state index contributed by atoms with van der Waals surface area (Å²) < 4.78 is 2.75. The van der Waals surface area contributed by atoms with Crippen molar-refractivity contribution in [3.8, 4) is 5.69 Å². The van der Waals surface area contributed by atoms with E-state index in [1.165, 1.54) is 0 Å². The highest BCUT2D eigenvalue weighted by Gasteiger charge is 2.18. The highest BCUT2D eigenvalue weighted by Crippen LogP contribution is 2.32. The summed E-state index contributed by atoms with van der Waals surface area (Å²) in [6.07, 6.45) is -0.728. The zero-order valence-corrected chi connectivity index (χ0v) is 13.6. The highest BCUT2D eigenvalue weighted by atomic mass is 79.9. The van der Waals surface area contributed by atoms with E-state index in [1.807, 2.05) is 22.8 Å². The second kappa shape index (κ2) is 5.33. The molecule has 3 N–H and O–H groups in total. The average molecular weight is 367 g/mol. The van der Waals surface area contributed by atoms with Gasteiger partial charge in [0.2, 0.25) is 0 Å². The molecule has 3 rings (SSSR count). The third-order valence-corrected chi connectivity index (χ3v) is 4.04. The second-order valence-electron chi connectivity index (χ2n) is 4.83. The van der Waals surface area contributed by atoms with E-state index in [0.29, 0.717) is 16.5 Å². The molecule has 0 fully saturated rings. The first kappa shape index (κ1) is 14.4. The molecule has 0 bridgehead atoms. The number of anilines is 1. The summed E-state index contributed by atoms with van der Waals surface area (Å²) in [6, 6.07) is 11.0. The van der Waals surface area contributed by atoms with E-state index in [4.69, 9.17) is 17.3 Å². The molecule has 108 valence electrons. The van der Waals surface area contributed by atoms with Gasteiger partial charge in [-0.3, -0.25) is 4.57 Å². The highest BCUT2D eigenvalue weighted by molar-refractivity contribution is 9.10. The Morgan fingerprint density at radius 3 is 2.76 bits per heavy atom. The van der Waals surface area contributed by atoms with Crippen molar-refractivity contribution in [2.24, 2.45) is 0 Å². The van der Waals surface area contributed by atoms with Crippen molar-refractivity contribution in [3.63, 3.8) is 0 Å². The number of rotatable bonds is 2. The van der Waals surface area contributed by atoms with Gasteiger partial charge in [0.25, 0.3) is 0 Å². The fourth-order valence-corrected chi connectivity index (χ4v) is 2.86. The van der Waals surface area contributed by atoms with Gasteiger partial charge < -0.3 is 10.8 Å². The third kappa shape index (κ3) is 2.52. The van der Waals surface area contributed by atoms with Crippen LogP contribution in [0.4, 0.5) is 5.69 Å². The van der Waals surface area contributed by atoms with Crippen LogP contribution in [0.2, 0.25) is 5.02 Å². The molecule has 3 aromatic rings. The van der Waals surface area contributed by atoms with Gasteiger partial charge in [-0.05, 0) is 43.3 Å². The fourth-order valence-electron chi connectivity index (χ4n) is 2.31. The summed E-state index contributed by atoms with van der Waals surface area (Å²) in [7, 11) is 0. The van der Waals surface area contributed by atoms with E-state index < -0.39 is 6.10 Å². The zero-order valence-electron chi connectivity index (χ0n) is 11.2. The lowest BCUT2D eigenvalue weighted by Crippen LogP contribution is -2.05. The molecule has 0 aliphatic carbocycles. The number of nitrogens with two attached hydrogens (primary N) is 1. The molecule has 0 saturated carbocycles. The van der Waals surface area contributed by atoms with Crippen molar-refractivity contribution < 1.29 is 5.11 Å². The minimum absolute atomic E-state index is 0.524. The topological polar surface area (TPSA) is 64.1 Å². The van der Waals surface area contributed by atoms with E-state index in [-0.39, 0.29) is 0 Å². The normalized spacial score (nSPS) is 12.8. The number of hydrogen-bond donors (Lipinski definition) is 2. The molecular formula is C15H13BrClN3O. The molecule has 4 nitrogen and oxygen atoms in total. The Morgan fingerprint density at radius 2 is 2.05 bits per heavy atom. The van der Waals surface area contributed by atoms with Gasteiger partial charge in [-0.2, -0.15) is 0 Å². The van der Waals surface area contributed by atoms with Crippen LogP contribution in [0.25, 0.3) is 16.7 Å². The molecule has 0 spiro atoms. The van der Waals surface area contributed by atoms with Crippen LogP contribution in [-0.4, -0.2) is 14.7 Å². The maximum atomic E-state index is 10.0. The maximum absolute atomic E-state index is 10.0. The summed E-state index contributed by atoms with van der Waals surface area (Å²) in [5, 5.41) is 10.6. The summed E-state index contributed by atoms with van der Waals surface area (Å²) in [6.45, 7) is 1.67. The number of aliphatic hydroxyl groups excluding tert-OH is 1. The number of aromatic nitrogens is 2. The molecule has 1 heterocycles. The average Bonchev–Trinajstić information content (AvgIpc) is 2.80. The summed E-state index contributed by atoms with van der Waals surface area (Å²) in [4.78, 5) is 4.48. The summed E-state index contributed by atoms with van der Waals surface area (Å²) in [5.41, 5.74) is 8.77. The molecule has 0 radical (unpaired) electrons. The molecule has 0 saturated heterocycles. The third-order valence-electron chi connectivity index (χ3n) is 3.23. The van der Waals surface area contributed by atoms with Gasteiger partial charge in [0, 0.05) is 10.2 Å². The number of hydrogen-bond acceptors (Lipinski definition) is 3. The predicted octanol–water partition coefficient (Wildman–Crippen LogP) is 4.08. The quantitative estimate of drug-likeness (QED) is 0.672. The number of fused-ring (bicyclic) bond motifs is 1. The lowest BCUT2D eigenvalue weighted by Gasteiger charge is -2.13. The van der Waals surface area contributed by atoms with Crippen molar-refractivity contribution in [1.82, 2.24) is 9.55 Å². The fraction of sp³-hybridized carbons (Fsp3) is 0.133. The van der Waals surface area contributed by atoms with Crippen LogP contribution < -0.4 is 5.73 Å². The minimum Gasteiger partial charge on any atom is -0.399 e. The van der Waals surface area contributed by atoms with Crippen LogP contribution in [0.1, 0.15) is 18.9 Å². The lowest BCUT2D eigenvalue weighted by molar-refractivity contribution is 0.187. The number of halogens is 2. The molecular weight excluding hydrogens is 354 g/mol. The van der Waals surface area contributed by atoms with Crippen molar-refractivity contribution in [1.29, 1.82) is 0 Å². The first-order valence-corrected chi connectivity index (χ1v) is 7.56. The number of imidazole rings is 1. The molecule has 0 amide bonds. The van der Waals surface area contributed by atoms with Crippen LogP contribution in [0.5, 0.6) is 0 Å². The smallest absolute Gasteiger partial charge is 0.143 e. The van der Waals surface area contributed by atoms with Gasteiger partial charge in [0.15, 0.2) is 0 Å². The molecule has 1 unspecified atom stereocenters.